The molecule has 0 bridgehead atoms. The van der Waals surface area contributed by atoms with Crippen molar-refractivity contribution in [1.29, 1.82) is 5.26 Å². The largest absolute Gasteiger partial charge is 0.298 e. The molecule has 1 aromatic carbocycles. The SMILES string of the molecule is CN(Cc1cccc(C#N)c1)Cc1cc(Cl)nc(Cl)c1. The van der Waals surface area contributed by atoms with Gasteiger partial charge < -0.3 is 0 Å². The highest BCUT2D eigenvalue weighted by molar-refractivity contribution is 6.32. The molecule has 0 aliphatic heterocycles. The third-order valence-corrected chi connectivity index (χ3v) is 3.17. The summed E-state index contributed by atoms with van der Waals surface area (Å²) in [4.78, 5) is 6.05. The first-order chi connectivity index (χ1) is 9.56. The molecule has 0 saturated carbocycles. The predicted molar refractivity (Wildman–Crippen MR) is 80.6 cm³/mol. The van der Waals surface area contributed by atoms with Crippen molar-refractivity contribution >= 4 is 23.2 Å². The summed E-state index contributed by atoms with van der Waals surface area (Å²) in [6.07, 6.45) is 0. The first-order valence-corrected chi connectivity index (χ1v) is 6.82. The Balaban J connectivity index is 2.05. The molecule has 2 rings (SSSR count). The van der Waals surface area contributed by atoms with Gasteiger partial charge in [0, 0.05) is 13.1 Å². The third kappa shape index (κ3) is 4.21. The number of benzene rings is 1. The Morgan fingerprint density at radius 1 is 1.10 bits per heavy atom. The Labute approximate surface area is 128 Å². The van der Waals surface area contributed by atoms with E-state index in [-0.39, 0.29) is 0 Å². The number of halogens is 2. The Kier molecular flexibility index (Phi) is 4.97. The van der Waals surface area contributed by atoms with Crippen LogP contribution in [-0.2, 0) is 13.1 Å². The van der Waals surface area contributed by atoms with Gasteiger partial charge >= 0.3 is 0 Å². The van der Waals surface area contributed by atoms with Crippen LogP contribution < -0.4 is 0 Å². The molecule has 0 radical (unpaired) electrons. The van der Waals surface area contributed by atoms with Crippen molar-refractivity contribution in [2.24, 2.45) is 0 Å². The van der Waals surface area contributed by atoms with Gasteiger partial charge in [-0.1, -0.05) is 35.3 Å². The molecule has 1 heterocycles. The van der Waals surface area contributed by atoms with Crippen molar-refractivity contribution in [2.45, 2.75) is 13.1 Å². The zero-order valence-corrected chi connectivity index (χ0v) is 12.5. The average Bonchev–Trinajstić information content (AvgIpc) is 2.37. The molecular formula is C15H13Cl2N3. The topological polar surface area (TPSA) is 39.9 Å². The van der Waals surface area contributed by atoms with Crippen LogP contribution in [-0.4, -0.2) is 16.9 Å². The molecule has 0 N–H and O–H groups in total. The number of nitriles is 1. The maximum absolute atomic E-state index is 8.89. The van der Waals surface area contributed by atoms with Gasteiger partial charge in [0.2, 0.25) is 0 Å². The molecule has 0 saturated heterocycles. The van der Waals surface area contributed by atoms with E-state index in [4.69, 9.17) is 28.5 Å². The van der Waals surface area contributed by atoms with Crippen molar-refractivity contribution in [1.82, 2.24) is 9.88 Å². The maximum Gasteiger partial charge on any atom is 0.131 e. The first kappa shape index (κ1) is 14.8. The molecular weight excluding hydrogens is 293 g/mol. The second-order valence-corrected chi connectivity index (χ2v) is 5.38. The molecule has 0 spiro atoms. The molecule has 0 aliphatic rings. The summed E-state index contributed by atoms with van der Waals surface area (Å²) in [5, 5.41) is 9.68. The highest BCUT2D eigenvalue weighted by Crippen LogP contribution is 2.17. The van der Waals surface area contributed by atoms with E-state index in [1.54, 1.807) is 18.2 Å². The van der Waals surface area contributed by atoms with Crippen LogP contribution in [0.1, 0.15) is 16.7 Å². The first-order valence-electron chi connectivity index (χ1n) is 6.06. The van der Waals surface area contributed by atoms with Gasteiger partial charge in [-0.05, 0) is 42.4 Å². The number of aromatic nitrogens is 1. The Morgan fingerprint density at radius 2 is 1.75 bits per heavy atom. The third-order valence-electron chi connectivity index (χ3n) is 2.78. The van der Waals surface area contributed by atoms with E-state index in [1.165, 1.54) is 0 Å². The molecule has 20 heavy (non-hydrogen) atoms. The van der Waals surface area contributed by atoms with Gasteiger partial charge in [0.25, 0.3) is 0 Å². The summed E-state index contributed by atoms with van der Waals surface area (Å²) in [5.74, 6) is 0. The molecule has 1 aromatic heterocycles. The van der Waals surface area contributed by atoms with Crippen LogP contribution in [0.4, 0.5) is 0 Å². The number of pyridine rings is 1. The highest BCUT2D eigenvalue weighted by Gasteiger charge is 2.05. The van der Waals surface area contributed by atoms with E-state index in [9.17, 15) is 0 Å². The maximum atomic E-state index is 8.89. The van der Waals surface area contributed by atoms with Gasteiger partial charge in [-0.15, -0.1) is 0 Å². The van der Waals surface area contributed by atoms with Gasteiger partial charge in [0.05, 0.1) is 11.6 Å². The molecule has 0 amide bonds. The van der Waals surface area contributed by atoms with E-state index < -0.39 is 0 Å². The fourth-order valence-corrected chi connectivity index (χ4v) is 2.53. The lowest BCUT2D eigenvalue weighted by Crippen LogP contribution is -2.17. The molecule has 2 aromatic rings. The van der Waals surface area contributed by atoms with E-state index in [2.05, 4.69) is 16.0 Å². The number of rotatable bonds is 4. The monoisotopic (exact) mass is 305 g/mol. The average molecular weight is 306 g/mol. The normalized spacial score (nSPS) is 10.6. The van der Waals surface area contributed by atoms with Crippen LogP contribution in [0.5, 0.6) is 0 Å². The highest BCUT2D eigenvalue weighted by atomic mass is 35.5. The molecule has 5 heteroatoms. The van der Waals surface area contributed by atoms with Crippen LogP contribution >= 0.6 is 23.2 Å². The molecule has 3 nitrogen and oxygen atoms in total. The van der Waals surface area contributed by atoms with Gasteiger partial charge in [0.15, 0.2) is 0 Å². The van der Waals surface area contributed by atoms with E-state index in [0.29, 0.717) is 22.4 Å². The molecule has 0 fully saturated rings. The van der Waals surface area contributed by atoms with Crippen LogP contribution in [0.25, 0.3) is 0 Å². The van der Waals surface area contributed by atoms with E-state index in [0.717, 1.165) is 17.7 Å². The van der Waals surface area contributed by atoms with Crippen LogP contribution in [0.3, 0.4) is 0 Å². The summed E-state index contributed by atoms with van der Waals surface area (Å²) in [5.41, 5.74) is 2.78. The zero-order valence-electron chi connectivity index (χ0n) is 11.0. The fourth-order valence-electron chi connectivity index (χ4n) is 2.02. The molecule has 0 atom stereocenters. The van der Waals surface area contributed by atoms with Crippen molar-refractivity contribution in [3.05, 3.63) is 63.4 Å². The number of hydrogen-bond acceptors (Lipinski definition) is 3. The van der Waals surface area contributed by atoms with Crippen LogP contribution in [0.15, 0.2) is 36.4 Å². The summed E-state index contributed by atoms with van der Waals surface area (Å²) in [6.45, 7) is 1.45. The number of hydrogen-bond donors (Lipinski definition) is 0. The lowest BCUT2D eigenvalue weighted by Gasteiger charge is -2.17. The standard InChI is InChI=1S/C15H13Cl2N3/c1-20(9-12-4-2-3-11(5-12)8-18)10-13-6-14(16)19-15(17)7-13/h2-7H,9-10H2,1H3. The Bertz CT molecular complexity index is 630. The van der Waals surface area contributed by atoms with Gasteiger partial charge in [-0.3, -0.25) is 4.90 Å². The minimum Gasteiger partial charge on any atom is -0.298 e. The predicted octanol–water partition coefficient (Wildman–Crippen LogP) is 3.89. The molecule has 0 unspecified atom stereocenters. The summed E-state index contributed by atoms with van der Waals surface area (Å²) in [6, 6.07) is 13.3. The van der Waals surface area contributed by atoms with Crippen LogP contribution in [0.2, 0.25) is 10.3 Å². The zero-order chi connectivity index (χ0) is 14.5. The van der Waals surface area contributed by atoms with Crippen molar-refractivity contribution < 1.29 is 0 Å². The van der Waals surface area contributed by atoms with Gasteiger partial charge in [-0.25, -0.2) is 4.98 Å². The summed E-state index contributed by atoms with van der Waals surface area (Å²) in [7, 11) is 2.00. The van der Waals surface area contributed by atoms with Crippen molar-refractivity contribution in [3.63, 3.8) is 0 Å². The smallest absolute Gasteiger partial charge is 0.131 e. The van der Waals surface area contributed by atoms with Crippen molar-refractivity contribution in [3.8, 4) is 6.07 Å². The van der Waals surface area contributed by atoms with Gasteiger partial charge in [-0.2, -0.15) is 5.26 Å². The van der Waals surface area contributed by atoms with E-state index >= 15 is 0 Å². The van der Waals surface area contributed by atoms with Crippen molar-refractivity contribution in [2.75, 3.05) is 7.05 Å². The second kappa shape index (κ2) is 6.71. The summed E-state index contributed by atoms with van der Waals surface area (Å²) < 4.78 is 0. The second-order valence-electron chi connectivity index (χ2n) is 4.61. The number of nitrogens with zero attached hydrogens (tertiary/aromatic N) is 3. The summed E-state index contributed by atoms with van der Waals surface area (Å²) >= 11 is 11.8. The molecule has 0 aliphatic carbocycles. The fraction of sp³-hybridized carbons (Fsp3) is 0.200. The molecule has 102 valence electrons. The Morgan fingerprint density at radius 3 is 2.40 bits per heavy atom. The minimum absolute atomic E-state index is 0.396. The minimum atomic E-state index is 0.396. The lowest BCUT2D eigenvalue weighted by molar-refractivity contribution is 0.319. The van der Waals surface area contributed by atoms with E-state index in [1.807, 2.05) is 25.2 Å². The van der Waals surface area contributed by atoms with Crippen LogP contribution in [0, 0.1) is 11.3 Å². The quantitative estimate of drug-likeness (QED) is 0.805. The lowest BCUT2D eigenvalue weighted by atomic mass is 10.1. The Hall–Kier alpha value is -1.60. The van der Waals surface area contributed by atoms with Gasteiger partial charge in [0.1, 0.15) is 10.3 Å².